The van der Waals surface area contributed by atoms with E-state index in [9.17, 15) is 14.9 Å². The second kappa shape index (κ2) is 6.00. The Morgan fingerprint density at radius 3 is 2.60 bits per heavy atom. The lowest BCUT2D eigenvalue weighted by molar-refractivity contribution is -0.384. The quantitative estimate of drug-likeness (QED) is 0.518. The molecule has 1 N–H and O–H groups in total. The van der Waals surface area contributed by atoms with Crippen LogP contribution in [0.25, 0.3) is 0 Å². The number of non-ortho nitro benzene ring substituents is 1. The van der Waals surface area contributed by atoms with Gasteiger partial charge in [-0.3, -0.25) is 14.9 Å². The van der Waals surface area contributed by atoms with E-state index in [1.165, 1.54) is 19.2 Å². The van der Waals surface area contributed by atoms with Gasteiger partial charge in [-0.05, 0) is 31.4 Å². The molecule has 1 aromatic carbocycles. The molecule has 6 heteroatoms. The molecule has 1 aliphatic heterocycles. The van der Waals surface area contributed by atoms with Crippen molar-refractivity contribution >= 4 is 11.7 Å². The van der Waals surface area contributed by atoms with E-state index in [-0.39, 0.29) is 18.1 Å². The highest BCUT2D eigenvalue weighted by molar-refractivity contribution is 5.71. The van der Waals surface area contributed by atoms with Gasteiger partial charge in [-0.15, -0.1) is 0 Å². The lowest BCUT2D eigenvalue weighted by atomic mass is 9.79. The average Bonchev–Trinajstić information content (AvgIpc) is 2.48. The highest BCUT2D eigenvalue weighted by Crippen LogP contribution is 2.34. The van der Waals surface area contributed by atoms with E-state index >= 15 is 0 Å². The number of benzene rings is 1. The van der Waals surface area contributed by atoms with Gasteiger partial charge < -0.3 is 10.1 Å². The number of nitro groups is 1. The number of hydrogen-bond donors (Lipinski definition) is 1. The number of methoxy groups -OCH3 is 1. The molecular weight excluding hydrogens is 260 g/mol. The van der Waals surface area contributed by atoms with E-state index in [4.69, 9.17) is 4.74 Å². The first kappa shape index (κ1) is 14.5. The monoisotopic (exact) mass is 278 g/mol. The number of ether oxygens (including phenoxy) is 1. The van der Waals surface area contributed by atoms with Crippen molar-refractivity contribution in [2.24, 2.45) is 0 Å². The lowest BCUT2D eigenvalue weighted by Crippen LogP contribution is -2.47. The third-order valence-corrected chi connectivity index (χ3v) is 3.80. The van der Waals surface area contributed by atoms with Gasteiger partial charge >= 0.3 is 5.97 Å². The van der Waals surface area contributed by atoms with Crippen molar-refractivity contribution in [1.29, 1.82) is 0 Å². The number of carbonyl (C=O) groups is 1. The van der Waals surface area contributed by atoms with Crippen molar-refractivity contribution in [2.75, 3.05) is 13.7 Å². The van der Waals surface area contributed by atoms with Crippen LogP contribution < -0.4 is 5.32 Å². The fraction of sp³-hybridized carbons (Fsp3) is 0.500. The minimum atomic E-state index is -0.472. The summed E-state index contributed by atoms with van der Waals surface area (Å²) in [7, 11) is 1.37. The molecule has 0 radical (unpaired) electrons. The van der Waals surface area contributed by atoms with E-state index in [0.717, 1.165) is 31.4 Å². The van der Waals surface area contributed by atoms with E-state index in [1.807, 2.05) is 0 Å². The minimum Gasteiger partial charge on any atom is -0.469 e. The Kier molecular flexibility index (Phi) is 4.34. The third kappa shape index (κ3) is 2.96. The molecule has 108 valence electrons. The van der Waals surface area contributed by atoms with Crippen LogP contribution in [0.1, 0.15) is 31.2 Å². The smallest absolute Gasteiger partial charge is 0.307 e. The molecule has 1 saturated heterocycles. The summed E-state index contributed by atoms with van der Waals surface area (Å²) in [5.74, 6) is -0.280. The summed E-state index contributed by atoms with van der Waals surface area (Å²) in [5.41, 5.74) is 0.478. The molecule has 0 amide bonds. The standard InChI is InChI=1S/C14H18N2O4/c1-20-13(17)10-14(8-2-3-9-15-14)11-4-6-12(7-5-11)16(18)19/h4-7,15H,2-3,8-10H2,1H3. The normalized spacial score (nSPS) is 22.2. The predicted molar refractivity (Wildman–Crippen MR) is 73.3 cm³/mol. The first-order chi connectivity index (χ1) is 9.57. The molecule has 1 heterocycles. The van der Waals surface area contributed by atoms with Crippen LogP contribution in [0, 0.1) is 10.1 Å². The molecule has 0 bridgehead atoms. The summed E-state index contributed by atoms with van der Waals surface area (Å²) in [6, 6.07) is 6.40. The molecule has 0 spiro atoms. The van der Waals surface area contributed by atoms with Crippen LogP contribution in [0.4, 0.5) is 5.69 Å². The molecule has 0 aromatic heterocycles. The van der Waals surface area contributed by atoms with Crippen LogP contribution >= 0.6 is 0 Å². The largest absolute Gasteiger partial charge is 0.469 e. The summed E-state index contributed by atoms with van der Waals surface area (Å²) in [6.07, 6.45) is 3.14. The number of nitro benzene ring substituents is 1. The van der Waals surface area contributed by atoms with Gasteiger partial charge in [0.05, 0.1) is 24.0 Å². The molecule has 20 heavy (non-hydrogen) atoms. The van der Waals surface area contributed by atoms with E-state index in [2.05, 4.69) is 5.32 Å². The molecule has 0 saturated carbocycles. The van der Waals surface area contributed by atoms with Crippen molar-refractivity contribution in [3.8, 4) is 0 Å². The summed E-state index contributed by atoms with van der Waals surface area (Å²) in [5, 5.41) is 14.1. The van der Waals surface area contributed by atoms with Gasteiger partial charge in [-0.2, -0.15) is 0 Å². The van der Waals surface area contributed by atoms with E-state index in [1.54, 1.807) is 12.1 Å². The Balaban J connectivity index is 2.30. The average molecular weight is 278 g/mol. The third-order valence-electron chi connectivity index (χ3n) is 3.80. The molecule has 6 nitrogen and oxygen atoms in total. The molecular formula is C14H18N2O4. The van der Waals surface area contributed by atoms with Crippen LogP contribution in [0.5, 0.6) is 0 Å². The van der Waals surface area contributed by atoms with Crippen LogP contribution in [0.2, 0.25) is 0 Å². The SMILES string of the molecule is COC(=O)CC1(c2ccc([N+](=O)[O-])cc2)CCCCN1. The number of carbonyl (C=O) groups excluding carboxylic acids is 1. The molecule has 1 fully saturated rings. The zero-order valence-corrected chi connectivity index (χ0v) is 11.4. The number of esters is 1. The fourth-order valence-electron chi connectivity index (χ4n) is 2.69. The molecule has 1 aliphatic rings. The molecule has 1 unspecified atom stereocenters. The Morgan fingerprint density at radius 2 is 2.10 bits per heavy atom. The van der Waals surface area contributed by atoms with E-state index in [0.29, 0.717) is 0 Å². The maximum atomic E-state index is 11.7. The van der Waals surface area contributed by atoms with Gasteiger partial charge in [0.2, 0.25) is 0 Å². The number of nitrogens with zero attached hydrogens (tertiary/aromatic N) is 1. The highest BCUT2D eigenvalue weighted by Gasteiger charge is 2.36. The summed E-state index contributed by atoms with van der Waals surface area (Å²) in [4.78, 5) is 21.9. The maximum absolute atomic E-state index is 11.7. The van der Waals surface area contributed by atoms with Crippen LogP contribution in [-0.4, -0.2) is 24.5 Å². The molecule has 0 aliphatic carbocycles. The van der Waals surface area contributed by atoms with Gasteiger partial charge in [0.25, 0.3) is 5.69 Å². The van der Waals surface area contributed by atoms with Crippen LogP contribution in [0.3, 0.4) is 0 Å². The maximum Gasteiger partial charge on any atom is 0.307 e. The van der Waals surface area contributed by atoms with Crippen molar-refractivity contribution in [1.82, 2.24) is 5.32 Å². The predicted octanol–water partition coefficient (Wildman–Crippen LogP) is 2.13. The fourth-order valence-corrected chi connectivity index (χ4v) is 2.69. The van der Waals surface area contributed by atoms with Gasteiger partial charge in [0.15, 0.2) is 0 Å². The second-order valence-corrected chi connectivity index (χ2v) is 5.02. The minimum absolute atomic E-state index is 0.0535. The van der Waals surface area contributed by atoms with Crippen molar-refractivity contribution in [3.05, 3.63) is 39.9 Å². The second-order valence-electron chi connectivity index (χ2n) is 5.02. The zero-order chi connectivity index (χ0) is 14.6. The highest BCUT2D eigenvalue weighted by atomic mass is 16.6. The van der Waals surface area contributed by atoms with Crippen molar-refractivity contribution in [3.63, 3.8) is 0 Å². The summed E-state index contributed by atoms with van der Waals surface area (Å²) < 4.78 is 4.77. The zero-order valence-electron chi connectivity index (χ0n) is 11.4. The Morgan fingerprint density at radius 1 is 1.40 bits per heavy atom. The van der Waals surface area contributed by atoms with Gasteiger partial charge in [0, 0.05) is 12.1 Å². The number of nitrogens with one attached hydrogen (secondary N) is 1. The lowest BCUT2D eigenvalue weighted by Gasteiger charge is -2.38. The Bertz CT molecular complexity index is 492. The number of hydrogen-bond acceptors (Lipinski definition) is 5. The van der Waals surface area contributed by atoms with Gasteiger partial charge in [0.1, 0.15) is 0 Å². The van der Waals surface area contributed by atoms with Crippen LogP contribution in [-0.2, 0) is 15.1 Å². The topological polar surface area (TPSA) is 81.5 Å². The van der Waals surface area contributed by atoms with Gasteiger partial charge in [-0.25, -0.2) is 0 Å². The molecule has 1 aromatic rings. The Labute approximate surface area is 117 Å². The Hall–Kier alpha value is -1.95. The summed E-state index contributed by atoms with van der Waals surface area (Å²) in [6.45, 7) is 0.827. The molecule has 1 atom stereocenters. The van der Waals surface area contributed by atoms with Crippen LogP contribution in [0.15, 0.2) is 24.3 Å². The number of rotatable bonds is 4. The first-order valence-electron chi connectivity index (χ1n) is 6.64. The number of piperidine rings is 1. The van der Waals surface area contributed by atoms with Crippen molar-refractivity contribution in [2.45, 2.75) is 31.2 Å². The summed E-state index contributed by atoms with van der Waals surface area (Å²) >= 11 is 0. The molecule has 2 rings (SSSR count). The van der Waals surface area contributed by atoms with Crippen molar-refractivity contribution < 1.29 is 14.5 Å². The van der Waals surface area contributed by atoms with E-state index < -0.39 is 10.5 Å². The van der Waals surface area contributed by atoms with Gasteiger partial charge in [-0.1, -0.05) is 12.1 Å². The first-order valence-corrected chi connectivity index (χ1v) is 6.64.